The normalized spacial score (nSPS) is 14.9. The predicted octanol–water partition coefficient (Wildman–Crippen LogP) is 3.99. The molecule has 5 nitrogen and oxygen atoms in total. The molecule has 2 heterocycles. The summed E-state index contributed by atoms with van der Waals surface area (Å²) in [6.07, 6.45) is 0. The van der Waals surface area contributed by atoms with Crippen LogP contribution in [-0.2, 0) is 6.54 Å². The number of aromatic nitrogens is 2. The second kappa shape index (κ2) is 8.35. The van der Waals surface area contributed by atoms with Gasteiger partial charge in [0.25, 0.3) is 0 Å². The maximum atomic E-state index is 13.1. The average molecular weight is 377 g/mol. The highest BCUT2D eigenvalue weighted by molar-refractivity contribution is 5.55. The summed E-state index contributed by atoms with van der Waals surface area (Å²) in [5.41, 5.74) is 3.02. The number of aryl methyl sites for hydroxylation is 1. The SMILES string of the molecule is Cc1cc(N2CCN(Cc3ccccc3)CC2)nc(Nc2ccc(F)cc2)n1. The first kappa shape index (κ1) is 18.4. The molecule has 144 valence electrons. The van der Waals surface area contributed by atoms with Gasteiger partial charge in [-0.3, -0.25) is 4.90 Å². The van der Waals surface area contributed by atoms with Gasteiger partial charge in [0.2, 0.25) is 5.95 Å². The first-order valence-corrected chi connectivity index (χ1v) is 9.55. The highest BCUT2D eigenvalue weighted by Gasteiger charge is 2.19. The van der Waals surface area contributed by atoms with Gasteiger partial charge < -0.3 is 10.2 Å². The number of nitrogens with zero attached hydrogens (tertiary/aromatic N) is 4. The van der Waals surface area contributed by atoms with Crippen molar-refractivity contribution < 1.29 is 4.39 Å². The van der Waals surface area contributed by atoms with Gasteiger partial charge in [-0.2, -0.15) is 4.98 Å². The molecule has 1 saturated heterocycles. The van der Waals surface area contributed by atoms with Gasteiger partial charge in [-0.15, -0.1) is 0 Å². The molecule has 0 atom stereocenters. The minimum absolute atomic E-state index is 0.259. The van der Waals surface area contributed by atoms with Crippen molar-refractivity contribution in [1.82, 2.24) is 14.9 Å². The first-order chi connectivity index (χ1) is 13.7. The Morgan fingerprint density at radius 2 is 1.64 bits per heavy atom. The van der Waals surface area contributed by atoms with Crippen molar-refractivity contribution in [3.63, 3.8) is 0 Å². The summed E-state index contributed by atoms with van der Waals surface area (Å²) in [6.45, 7) is 6.80. The van der Waals surface area contributed by atoms with Gasteiger partial charge in [-0.1, -0.05) is 30.3 Å². The Morgan fingerprint density at radius 3 is 2.36 bits per heavy atom. The lowest BCUT2D eigenvalue weighted by Gasteiger charge is -2.35. The van der Waals surface area contributed by atoms with Crippen LogP contribution in [0.25, 0.3) is 0 Å². The molecule has 4 rings (SSSR count). The van der Waals surface area contributed by atoms with Gasteiger partial charge in [-0.05, 0) is 36.8 Å². The topological polar surface area (TPSA) is 44.3 Å². The molecule has 0 bridgehead atoms. The highest BCUT2D eigenvalue weighted by Crippen LogP contribution is 2.20. The van der Waals surface area contributed by atoms with Crippen LogP contribution >= 0.6 is 0 Å². The third-order valence-electron chi connectivity index (χ3n) is 4.89. The summed E-state index contributed by atoms with van der Waals surface area (Å²) in [5, 5.41) is 3.17. The van der Waals surface area contributed by atoms with Crippen molar-refractivity contribution in [1.29, 1.82) is 0 Å². The Morgan fingerprint density at radius 1 is 0.929 bits per heavy atom. The number of benzene rings is 2. The van der Waals surface area contributed by atoms with Crippen LogP contribution in [0.4, 0.5) is 21.8 Å². The second-order valence-corrected chi connectivity index (χ2v) is 7.07. The van der Waals surface area contributed by atoms with Gasteiger partial charge in [0.15, 0.2) is 0 Å². The molecule has 1 aliphatic heterocycles. The number of rotatable bonds is 5. The van der Waals surface area contributed by atoms with E-state index in [2.05, 4.69) is 55.4 Å². The number of anilines is 3. The molecule has 0 spiro atoms. The Hall–Kier alpha value is -2.99. The van der Waals surface area contributed by atoms with Crippen LogP contribution < -0.4 is 10.2 Å². The quantitative estimate of drug-likeness (QED) is 0.728. The minimum Gasteiger partial charge on any atom is -0.354 e. The zero-order chi connectivity index (χ0) is 19.3. The van der Waals surface area contributed by atoms with Gasteiger partial charge in [0.05, 0.1) is 0 Å². The van der Waals surface area contributed by atoms with Gasteiger partial charge in [0, 0.05) is 50.2 Å². The minimum atomic E-state index is -0.259. The van der Waals surface area contributed by atoms with Crippen LogP contribution in [0.2, 0.25) is 0 Å². The van der Waals surface area contributed by atoms with E-state index in [0.717, 1.165) is 49.9 Å². The summed E-state index contributed by atoms with van der Waals surface area (Å²) in [7, 11) is 0. The molecule has 0 radical (unpaired) electrons. The van der Waals surface area contributed by atoms with Crippen molar-refractivity contribution in [3.05, 3.63) is 77.7 Å². The van der Waals surface area contributed by atoms with Gasteiger partial charge in [0.1, 0.15) is 11.6 Å². The number of hydrogen-bond acceptors (Lipinski definition) is 5. The van der Waals surface area contributed by atoms with Crippen LogP contribution in [0.1, 0.15) is 11.3 Å². The second-order valence-electron chi connectivity index (χ2n) is 7.07. The maximum Gasteiger partial charge on any atom is 0.229 e. The smallest absolute Gasteiger partial charge is 0.229 e. The summed E-state index contributed by atoms with van der Waals surface area (Å²) in [5.74, 6) is 1.20. The molecule has 3 aromatic rings. The molecule has 0 unspecified atom stereocenters. The third-order valence-corrected chi connectivity index (χ3v) is 4.89. The molecule has 28 heavy (non-hydrogen) atoms. The summed E-state index contributed by atoms with van der Waals surface area (Å²) < 4.78 is 13.1. The van der Waals surface area contributed by atoms with Crippen LogP contribution in [0.3, 0.4) is 0 Å². The van der Waals surface area contributed by atoms with Crippen LogP contribution in [0.15, 0.2) is 60.7 Å². The van der Waals surface area contributed by atoms with Crippen LogP contribution in [0.5, 0.6) is 0 Å². The fourth-order valence-electron chi connectivity index (χ4n) is 3.41. The largest absolute Gasteiger partial charge is 0.354 e. The van der Waals surface area contributed by atoms with Crippen molar-refractivity contribution in [2.24, 2.45) is 0 Å². The van der Waals surface area contributed by atoms with E-state index in [9.17, 15) is 4.39 Å². The first-order valence-electron chi connectivity index (χ1n) is 9.55. The molecule has 1 aromatic heterocycles. The lowest BCUT2D eigenvalue weighted by atomic mass is 10.2. The third kappa shape index (κ3) is 4.64. The Bertz CT molecular complexity index is 906. The lowest BCUT2D eigenvalue weighted by Crippen LogP contribution is -2.46. The van der Waals surface area contributed by atoms with Gasteiger partial charge >= 0.3 is 0 Å². The number of halogens is 1. The maximum absolute atomic E-state index is 13.1. The van der Waals surface area contributed by atoms with E-state index in [1.807, 2.05) is 13.0 Å². The zero-order valence-corrected chi connectivity index (χ0v) is 16.0. The number of nitrogens with one attached hydrogen (secondary N) is 1. The van der Waals surface area contributed by atoms with E-state index >= 15 is 0 Å². The summed E-state index contributed by atoms with van der Waals surface area (Å²) in [4.78, 5) is 13.9. The fraction of sp³-hybridized carbons (Fsp3) is 0.273. The molecule has 6 heteroatoms. The van der Waals surface area contributed by atoms with E-state index in [4.69, 9.17) is 0 Å². The van der Waals surface area contributed by atoms with E-state index in [0.29, 0.717) is 5.95 Å². The molecule has 1 fully saturated rings. The molecule has 1 N–H and O–H groups in total. The molecule has 0 amide bonds. The molecule has 0 saturated carbocycles. The Labute approximate surface area is 164 Å². The predicted molar refractivity (Wildman–Crippen MR) is 110 cm³/mol. The van der Waals surface area contributed by atoms with E-state index < -0.39 is 0 Å². The van der Waals surface area contributed by atoms with Crippen molar-refractivity contribution >= 4 is 17.5 Å². The standard InChI is InChI=1S/C22H24FN5/c1-17-15-21(26-22(24-17)25-20-9-7-19(23)8-10-20)28-13-11-27(12-14-28)16-18-5-3-2-4-6-18/h2-10,15H,11-14,16H2,1H3,(H,24,25,26). The molecule has 1 aliphatic rings. The molecule has 0 aliphatic carbocycles. The molecular weight excluding hydrogens is 353 g/mol. The van der Waals surface area contributed by atoms with E-state index in [-0.39, 0.29) is 5.82 Å². The molecule has 2 aromatic carbocycles. The lowest BCUT2D eigenvalue weighted by molar-refractivity contribution is 0.249. The van der Waals surface area contributed by atoms with E-state index in [1.54, 1.807) is 12.1 Å². The Balaban J connectivity index is 1.40. The van der Waals surface area contributed by atoms with Crippen molar-refractivity contribution in [3.8, 4) is 0 Å². The fourth-order valence-corrected chi connectivity index (χ4v) is 3.41. The van der Waals surface area contributed by atoms with Gasteiger partial charge in [-0.25, -0.2) is 9.37 Å². The zero-order valence-electron chi connectivity index (χ0n) is 16.0. The average Bonchev–Trinajstić information content (AvgIpc) is 2.71. The number of piperazine rings is 1. The monoisotopic (exact) mass is 377 g/mol. The van der Waals surface area contributed by atoms with Crippen LogP contribution in [0, 0.1) is 12.7 Å². The van der Waals surface area contributed by atoms with Crippen molar-refractivity contribution in [2.75, 3.05) is 36.4 Å². The summed E-state index contributed by atoms with van der Waals surface area (Å²) in [6, 6.07) is 18.8. The number of hydrogen-bond donors (Lipinski definition) is 1. The van der Waals surface area contributed by atoms with E-state index in [1.165, 1.54) is 17.7 Å². The highest BCUT2D eigenvalue weighted by atomic mass is 19.1. The van der Waals surface area contributed by atoms with Crippen LogP contribution in [-0.4, -0.2) is 41.0 Å². The molecular formula is C22H24FN5. The van der Waals surface area contributed by atoms with Crippen molar-refractivity contribution in [2.45, 2.75) is 13.5 Å². The summed E-state index contributed by atoms with van der Waals surface area (Å²) >= 11 is 0. The Kier molecular flexibility index (Phi) is 5.48.